The van der Waals surface area contributed by atoms with Crippen molar-refractivity contribution in [1.29, 1.82) is 0 Å². The number of nitrogens with one attached hydrogen (secondary N) is 1. The van der Waals surface area contributed by atoms with Crippen molar-refractivity contribution >= 4 is 23.6 Å². The van der Waals surface area contributed by atoms with Gasteiger partial charge in [0.15, 0.2) is 11.5 Å². The van der Waals surface area contributed by atoms with E-state index < -0.39 is 17.7 Å². The second-order valence-electron chi connectivity index (χ2n) is 12.6. The van der Waals surface area contributed by atoms with Crippen molar-refractivity contribution in [3.63, 3.8) is 0 Å². The van der Waals surface area contributed by atoms with E-state index in [0.29, 0.717) is 28.2 Å². The number of anilines is 1. The highest BCUT2D eigenvalue weighted by Crippen LogP contribution is 2.40. The molecule has 1 N–H and O–H groups in total. The summed E-state index contributed by atoms with van der Waals surface area (Å²) < 4.78 is 16.4. The molecule has 2 aliphatic rings. The Labute approximate surface area is 271 Å². The van der Waals surface area contributed by atoms with Gasteiger partial charge in [-0.15, -0.1) is 0 Å². The molecule has 2 atom stereocenters. The molecule has 3 amide bonds. The van der Waals surface area contributed by atoms with Gasteiger partial charge in [0.25, 0.3) is 11.8 Å². The molecule has 3 aromatic rings. The third kappa shape index (κ3) is 6.97. The number of fused-ring (bicyclic) bond motifs is 1. The quantitative estimate of drug-likeness (QED) is 0.280. The van der Waals surface area contributed by atoms with E-state index in [0.717, 1.165) is 31.9 Å². The van der Waals surface area contributed by atoms with Crippen LogP contribution in [0.15, 0.2) is 66.7 Å². The monoisotopic (exact) mass is 628 g/mol. The first-order valence-electron chi connectivity index (χ1n) is 15.8. The van der Waals surface area contributed by atoms with Crippen LogP contribution in [0.25, 0.3) is 0 Å². The first kappa shape index (κ1) is 32.8. The number of ether oxygens (including phenoxy) is 3. The predicted octanol–water partition coefficient (Wildman–Crippen LogP) is 5.84. The molecule has 3 aromatic carbocycles. The maximum absolute atomic E-state index is 14.3. The number of amides is 3. The van der Waals surface area contributed by atoms with Crippen molar-refractivity contribution in [2.75, 3.05) is 51.8 Å². The molecule has 0 bridgehead atoms. The lowest BCUT2D eigenvalue weighted by molar-refractivity contribution is 0.0517. The van der Waals surface area contributed by atoms with E-state index in [2.05, 4.69) is 46.3 Å². The van der Waals surface area contributed by atoms with Crippen molar-refractivity contribution < 1.29 is 28.6 Å². The van der Waals surface area contributed by atoms with Crippen LogP contribution in [0.2, 0.25) is 0 Å². The summed E-state index contributed by atoms with van der Waals surface area (Å²) in [4.78, 5) is 46.7. The van der Waals surface area contributed by atoms with Crippen molar-refractivity contribution in [1.82, 2.24) is 15.1 Å². The molecule has 1 saturated heterocycles. The number of rotatable bonds is 10. The zero-order valence-corrected chi connectivity index (χ0v) is 27.5. The fourth-order valence-corrected chi connectivity index (χ4v) is 6.25. The van der Waals surface area contributed by atoms with Crippen LogP contribution in [0.3, 0.4) is 0 Å². The van der Waals surface area contributed by atoms with Gasteiger partial charge in [-0.2, -0.15) is 0 Å². The molecule has 46 heavy (non-hydrogen) atoms. The van der Waals surface area contributed by atoms with Gasteiger partial charge in [-0.1, -0.05) is 42.5 Å². The standard InChI is InChI=1S/C36H44N4O6/c1-24(25-11-8-7-9-12-25)38-19-21-39(22-20-38)29-14-10-13-27-32(29)34(42)40(33(27)41)28(17-18-37-35(43)46-36(2,3)4)26-15-16-30(44-5)31(23-26)45-6/h7-16,23-24,28H,17-22H2,1-6H3,(H,37,43)/t24-,28?/m0/s1. The number of piperazine rings is 1. The molecule has 5 rings (SSSR count). The minimum atomic E-state index is -0.682. The zero-order chi connectivity index (χ0) is 33.0. The number of nitrogens with zero attached hydrogens (tertiary/aromatic N) is 3. The summed E-state index contributed by atoms with van der Waals surface area (Å²) in [6.45, 7) is 10.9. The molecule has 10 nitrogen and oxygen atoms in total. The third-order valence-corrected chi connectivity index (χ3v) is 8.60. The summed E-state index contributed by atoms with van der Waals surface area (Å²) in [5, 5.41) is 2.77. The predicted molar refractivity (Wildman–Crippen MR) is 177 cm³/mol. The number of methoxy groups -OCH3 is 2. The van der Waals surface area contributed by atoms with Crippen LogP contribution < -0.4 is 19.7 Å². The highest BCUT2D eigenvalue weighted by molar-refractivity contribution is 6.24. The Kier molecular flexibility index (Phi) is 9.86. The molecular formula is C36H44N4O6. The van der Waals surface area contributed by atoms with Crippen LogP contribution in [-0.4, -0.2) is 80.3 Å². The average Bonchev–Trinajstić information content (AvgIpc) is 3.31. The summed E-state index contributed by atoms with van der Waals surface area (Å²) in [5.41, 5.74) is 2.87. The molecule has 1 fully saturated rings. The van der Waals surface area contributed by atoms with Crippen LogP contribution in [0.1, 0.15) is 78.0 Å². The molecule has 0 aliphatic carbocycles. The van der Waals surface area contributed by atoms with Gasteiger partial charge in [0, 0.05) is 38.8 Å². The number of hydrogen-bond acceptors (Lipinski definition) is 8. The Morgan fingerprint density at radius 2 is 1.54 bits per heavy atom. The van der Waals surface area contributed by atoms with Gasteiger partial charge in [-0.25, -0.2) is 4.79 Å². The first-order valence-corrected chi connectivity index (χ1v) is 15.8. The number of carbonyl (C=O) groups excluding carboxylic acids is 3. The lowest BCUT2D eigenvalue weighted by Crippen LogP contribution is -2.47. The van der Waals surface area contributed by atoms with Gasteiger partial charge < -0.3 is 24.4 Å². The molecule has 1 unspecified atom stereocenters. The topological polar surface area (TPSA) is 101 Å². The molecule has 2 aliphatic heterocycles. The molecular weight excluding hydrogens is 584 g/mol. The Morgan fingerprint density at radius 1 is 0.848 bits per heavy atom. The maximum atomic E-state index is 14.3. The minimum absolute atomic E-state index is 0.176. The Hall–Kier alpha value is -4.57. The van der Waals surface area contributed by atoms with Gasteiger partial charge in [-0.3, -0.25) is 19.4 Å². The Balaban J connectivity index is 1.39. The van der Waals surface area contributed by atoms with Gasteiger partial charge in [0.1, 0.15) is 5.60 Å². The van der Waals surface area contributed by atoms with E-state index >= 15 is 0 Å². The Morgan fingerprint density at radius 3 is 2.20 bits per heavy atom. The largest absolute Gasteiger partial charge is 0.493 e. The highest BCUT2D eigenvalue weighted by Gasteiger charge is 2.43. The van der Waals surface area contributed by atoms with Crippen molar-refractivity contribution in [2.24, 2.45) is 0 Å². The van der Waals surface area contributed by atoms with Gasteiger partial charge in [-0.05, 0) is 69.5 Å². The van der Waals surface area contributed by atoms with Crippen LogP contribution in [0.4, 0.5) is 10.5 Å². The summed E-state index contributed by atoms with van der Waals surface area (Å²) in [6.07, 6.45) is -0.296. The van der Waals surface area contributed by atoms with Crippen LogP contribution in [0.5, 0.6) is 11.5 Å². The van der Waals surface area contributed by atoms with Crippen LogP contribution in [0, 0.1) is 0 Å². The molecule has 244 valence electrons. The third-order valence-electron chi connectivity index (χ3n) is 8.60. The molecule has 0 aromatic heterocycles. The molecule has 0 spiro atoms. The van der Waals surface area contributed by atoms with E-state index in [9.17, 15) is 14.4 Å². The average molecular weight is 629 g/mol. The zero-order valence-electron chi connectivity index (χ0n) is 27.5. The molecule has 10 heteroatoms. The lowest BCUT2D eigenvalue weighted by Gasteiger charge is -2.39. The normalized spacial score (nSPS) is 16.6. The number of hydrogen-bond donors (Lipinski definition) is 1. The van der Waals surface area contributed by atoms with Crippen molar-refractivity contribution in [2.45, 2.75) is 51.8 Å². The van der Waals surface area contributed by atoms with Crippen LogP contribution >= 0.6 is 0 Å². The van der Waals surface area contributed by atoms with Gasteiger partial charge >= 0.3 is 6.09 Å². The smallest absolute Gasteiger partial charge is 0.407 e. The SMILES string of the molecule is COc1ccc(C(CCNC(=O)OC(C)(C)C)N2C(=O)c3cccc(N4CCN([C@@H](C)c5ccccc5)CC4)c3C2=O)cc1OC. The highest BCUT2D eigenvalue weighted by atomic mass is 16.6. The van der Waals surface area contributed by atoms with E-state index in [1.54, 1.807) is 46.1 Å². The lowest BCUT2D eigenvalue weighted by atomic mass is 10.0. The van der Waals surface area contributed by atoms with Gasteiger partial charge in [0.05, 0.1) is 37.1 Å². The minimum Gasteiger partial charge on any atom is -0.493 e. The Bertz CT molecular complexity index is 1560. The number of imide groups is 1. The van der Waals surface area contributed by atoms with Crippen LogP contribution in [-0.2, 0) is 4.74 Å². The van der Waals surface area contributed by atoms with E-state index in [4.69, 9.17) is 14.2 Å². The second kappa shape index (κ2) is 13.8. The van der Waals surface area contributed by atoms with E-state index in [-0.39, 0.29) is 30.8 Å². The first-order chi connectivity index (χ1) is 22.0. The number of alkyl carbamates (subject to hydrolysis) is 1. The maximum Gasteiger partial charge on any atom is 0.407 e. The number of benzene rings is 3. The van der Waals surface area contributed by atoms with Crippen molar-refractivity contribution in [3.05, 3.63) is 89.0 Å². The summed E-state index contributed by atoms with van der Waals surface area (Å²) in [5.74, 6) is 0.287. The second-order valence-corrected chi connectivity index (χ2v) is 12.6. The molecule has 0 saturated carbocycles. The fourth-order valence-electron chi connectivity index (χ4n) is 6.25. The molecule has 2 heterocycles. The summed E-state index contributed by atoms with van der Waals surface area (Å²) >= 11 is 0. The summed E-state index contributed by atoms with van der Waals surface area (Å²) in [6, 6.07) is 20.9. The molecule has 0 radical (unpaired) electrons. The number of carbonyl (C=O) groups is 3. The van der Waals surface area contributed by atoms with E-state index in [1.807, 2.05) is 24.3 Å². The van der Waals surface area contributed by atoms with E-state index in [1.165, 1.54) is 17.6 Å². The van der Waals surface area contributed by atoms with Gasteiger partial charge in [0.2, 0.25) is 0 Å². The van der Waals surface area contributed by atoms with Crippen molar-refractivity contribution in [3.8, 4) is 11.5 Å². The fraction of sp³-hybridized carbons (Fsp3) is 0.417. The summed E-state index contributed by atoms with van der Waals surface area (Å²) in [7, 11) is 3.09.